The Hall–Kier alpha value is -1.06. The van der Waals surface area contributed by atoms with Crippen molar-refractivity contribution in [1.82, 2.24) is 5.32 Å². The van der Waals surface area contributed by atoms with Crippen LogP contribution in [-0.4, -0.2) is 19.2 Å². The van der Waals surface area contributed by atoms with Crippen molar-refractivity contribution in [3.05, 3.63) is 29.8 Å². The van der Waals surface area contributed by atoms with Gasteiger partial charge in [-0.05, 0) is 56.3 Å². The van der Waals surface area contributed by atoms with Crippen LogP contribution in [0.5, 0.6) is 5.75 Å². The minimum atomic E-state index is 0.229. The predicted molar refractivity (Wildman–Crippen MR) is 79.3 cm³/mol. The molecular formula is C16H26N2O. The lowest BCUT2D eigenvalue weighted by Gasteiger charge is -2.41. The number of nitrogens with two attached hydrogens (primary N) is 1. The summed E-state index contributed by atoms with van der Waals surface area (Å²) in [6.07, 6.45) is 4.11. The van der Waals surface area contributed by atoms with Crippen molar-refractivity contribution < 1.29 is 4.74 Å². The molecule has 1 aliphatic carbocycles. The maximum Gasteiger partial charge on any atom is 0.119 e. The lowest BCUT2D eigenvalue weighted by atomic mass is 9.69. The van der Waals surface area contributed by atoms with Crippen LogP contribution in [0.3, 0.4) is 0 Å². The Balaban J connectivity index is 1.76. The number of nitrogens with one attached hydrogen (secondary N) is 1. The molecule has 19 heavy (non-hydrogen) atoms. The van der Waals surface area contributed by atoms with E-state index in [-0.39, 0.29) is 6.10 Å². The molecule has 3 nitrogen and oxygen atoms in total. The molecule has 1 fully saturated rings. The Bertz CT molecular complexity index is 377. The molecule has 1 aromatic rings. The van der Waals surface area contributed by atoms with Gasteiger partial charge in [0, 0.05) is 13.1 Å². The maximum absolute atomic E-state index is 5.86. The molecule has 0 radical (unpaired) electrons. The van der Waals surface area contributed by atoms with E-state index in [1.54, 1.807) is 0 Å². The van der Waals surface area contributed by atoms with Gasteiger partial charge < -0.3 is 15.8 Å². The minimum absolute atomic E-state index is 0.229. The van der Waals surface area contributed by atoms with Gasteiger partial charge >= 0.3 is 0 Å². The van der Waals surface area contributed by atoms with E-state index in [4.69, 9.17) is 10.5 Å². The van der Waals surface area contributed by atoms with Crippen LogP contribution in [0.4, 0.5) is 0 Å². The summed E-state index contributed by atoms with van der Waals surface area (Å²) < 4.78 is 5.63. The highest BCUT2D eigenvalue weighted by atomic mass is 16.5. The second-order valence-electron chi connectivity index (χ2n) is 5.97. The first-order valence-corrected chi connectivity index (χ1v) is 7.30. The number of ether oxygens (including phenoxy) is 1. The molecule has 0 saturated heterocycles. The molecule has 1 saturated carbocycles. The Morgan fingerprint density at radius 3 is 2.42 bits per heavy atom. The summed E-state index contributed by atoms with van der Waals surface area (Å²) in [6.45, 7) is 6.83. The van der Waals surface area contributed by atoms with E-state index in [0.717, 1.165) is 25.4 Å². The van der Waals surface area contributed by atoms with Gasteiger partial charge in [0.2, 0.25) is 0 Å². The van der Waals surface area contributed by atoms with Crippen molar-refractivity contribution in [1.29, 1.82) is 0 Å². The molecule has 1 aliphatic rings. The van der Waals surface area contributed by atoms with Crippen molar-refractivity contribution in [2.75, 3.05) is 13.1 Å². The summed E-state index contributed by atoms with van der Waals surface area (Å²) in [7, 11) is 0. The number of rotatable bonds is 7. The fraction of sp³-hybridized carbons (Fsp3) is 0.625. The Kier molecular flexibility index (Phi) is 4.83. The van der Waals surface area contributed by atoms with Crippen LogP contribution in [0.2, 0.25) is 0 Å². The van der Waals surface area contributed by atoms with Gasteiger partial charge in [-0.25, -0.2) is 0 Å². The fourth-order valence-corrected chi connectivity index (χ4v) is 2.56. The van der Waals surface area contributed by atoms with Gasteiger partial charge in [-0.2, -0.15) is 0 Å². The quantitative estimate of drug-likeness (QED) is 0.794. The van der Waals surface area contributed by atoms with Gasteiger partial charge in [-0.15, -0.1) is 0 Å². The Morgan fingerprint density at radius 1 is 1.26 bits per heavy atom. The van der Waals surface area contributed by atoms with Crippen LogP contribution in [-0.2, 0) is 6.54 Å². The second-order valence-corrected chi connectivity index (χ2v) is 5.97. The van der Waals surface area contributed by atoms with E-state index >= 15 is 0 Å². The molecule has 0 aromatic heterocycles. The molecule has 0 aliphatic heterocycles. The predicted octanol–water partition coefficient (Wildman–Crippen LogP) is 2.69. The summed E-state index contributed by atoms with van der Waals surface area (Å²) in [5.41, 5.74) is 7.53. The summed E-state index contributed by atoms with van der Waals surface area (Å²) in [5, 5.41) is 3.53. The zero-order valence-corrected chi connectivity index (χ0v) is 12.1. The molecule has 2 rings (SSSR count). The zero-order valence-electron chi connectivity index (χ0n) is 12.1. The van der Waals surface area contributed by atoms with E-state index in [2.05, 4.69) is 17.4 Å². The molecule has 1 aromatic carbocycles. The van der Waals surface area contributed by atoms with Crippen molar-refractivity contribution >= 4 is 0 Å². The van der Waals surface area contributed by atoms with Crippen molar-refractivity contribution in [3.8, 4) is 5.75 Å². The average Bonchev–Trinajstić information content (AvgIpc) is 2.34. The van der Waals surface area contributed by atoms with Gasteiger partial charge in [0.25, 0.3) is 0 Å². The first-order chi connectivity index (χ1) is 9.13. The first kappa shape index (κ1) is 14.4. The topological polar surface area (TPSA) is 47.3 Å². The normalized spacial score (nSPS) is 17.3. The zero-order chi connectivity index (χ0) is 13.7. The average molecular weight is 262 g/mol. The third kappa shape index (κ3) is 3.95. The second kappa shape index (κ2) is 6.40. The van der Waals surface area contributed by atoms with Crippen molar-refractivity contribution in [3.63, 3.8) is 0 Å². The number of hydrogen-bond donors (Lipinski definition) is 2. The summed E-state index contributed by atoms with van der Waals surface area (Å²) >= 11 is 0. The lowest BCUT2D eigenvalue weighted by molar-refractivity contribution is 0.141. The van der Waals surface area contributed by atoms with Crippen molar-refractivity contribution in [2.24, 2.45) is 11.1 Å². The van der Waals surface area contributed by atoms with Gasteiger partial charge in [-0.1, -0.05) is 18.6 Å². The fourth-order valence-electron chi connectivity index (χ4n) is 2.56. The molecule has 0 heterocycles. The third-order valence-corrected chi connectivity index (χ3v) is 3.97. The molecule has 0 bridgehead atoms. The molecule has 3 heteroatoms. The standard InChI is InChI=1S/C16H26N2O/c1-13(2)19-15-6-4-14(5-7-15)10-18-12-16(11-17)8-3-9-16/h4-7,13,18H,3,8-12,17H2,1-2H3. The van der Waals surface area contributed by atoms with Crippen molar-refractivity contribution in [2.45, 2.75) is 45.8 Å². The van der Waals surface area contributed by atoms with Crippen LogP contribution < -0.4 is 15.8 Å². The van der Waals surface area contributed by atoms with Gasteiger partial charge in [0.15, 0.2) is 0 Å². The van der Waals surface area contributed by atoms with E-state index in [0.29, 0.717) is 5.41 Å². The first-order valence-electron chi connectivity index (χ1n) is 7.30. The van der Waals surface area contributed by atoms with E-state index in [9.17, 15) is 0 Å². The monoisotopic (exact) mass is 262 g/mol. The molecule has 0 spiro atoms. The Labute approximate surface area is 116 Å². The number of benzene rings is 1. The van der Waals surface area contributed by atoms with Crippen LogP contribution in [0.1, 0.15) is 38.7 Å². The maximum atomic E-state index is 5.86. The van der Waals surface area contributed by atoms with Crippen LogP contribution in [0, 0.1) is 5.41 Å². The molecule has 0 unspecified atom stereocenters. The lowest BCUT2D eigenvalue weighted by Crippen LogP contribution is -2.45. The van der Waals surface area contributed by atoms with Crippen LogP contribution in [0.25, 0.3) is 0 Å². The highest BCUT2D eigenvalue weighted by molar-refractivity contribution is 5.27. The largest absolute Gasteiger partial charge is 0.491 e. The highest BCUT2D eigenvalue weighted by Crippen LogP contribution is 2.39. The SMILES string of the molecule is CC(C)Oc1ccc(CNCC2(CN)CCC2)cc1. The summed E-state index contributed by atoms with van der Waals surface area (Å²) in [5.74, 6) is 0.941. The molecule has 3 N–H and O–H groups in total. The molecule has 106 valence electrons. The van der Waals surface area contributed by atoms with Gasteiger partial charge in [0.05, 0.1) is 6.10 Å². The van der Waals surface area contributed by atoms with Crippen LogP contribution >= 0.6 is 0 Å². The molecule has 0 amide bonds. The number of hydrogen-bond acceptors (Lipinski definition) is 3. The van der Waals surface area contributed by atoms with Crippen LogP contribution in [0.15, 0.2) is 24.3 Å². The Morgan fingerprint density at radius 2 is 1.95 bits per heavy atom. The van der Waals surface area contributed by atoms with E-state index in [1.807, 2.05) is 26.0 Å². The van der Waals surface area contributed by atoms with Gasteiger partial charge in [0.1, 0.15) is 5.75 Å². The summed E-state index contributed by atoms with van der Waals surface area (Å²) in [4.78, 5) is 0. The van der Waals surface area contributed by atoms with E-state index < -0.39 is 0 Å². The minimum Gasteiger partial charge on any atom is -0.491 e. The van der Waals surface area contributed by atoms with Gasteiger partial charge in [-0.3, -0.25) is 0 Å². The van der Waals surface area contributed by atoms with E-state index in [1.165, 1.54) is 24.8 Å². The third-order valence-electron chi connectivity index (χ3n) is 3.97. The molecular weight excluding hydrogens is 236 g/mol. The summed E-state index contributed by atoms with van der Waals surface area (Å²) in [6, 6.07) is 8.33. The highest BCUT2D eigenvalue weighted by Gasteiger charge is 2.34. The smallest absolute Gasteiger partial charge is 0.119 e. The molecule has 0 atom stereocenters.